The van der Waals surface area contributed by atoms with Gasteiger partial charge in [-0.15, -0.1) is 0 Å². The van der Waals surface area contributed by atoms with Gasteiger partial charge in [0.1, 0.15) is 12.1 Å². The second-order valence-electron chi connectivity index (χ2n) is 8.99. The van der Waals surface area contributed by atoms with Crippen molar-refractivity contribution < 1.29 is 24.2 Å². The van der Waals surface area contributed by atoms with E-state index in [1.165, 1.54) is 18.7 Å². The predicted molar refractivity (Wildman–Crippen MR) is 126 cm³/mol. The summed E-state index contributed by atoms with van der Waals surface area (Å²) < 4.78 is 5.56. The average Bonchev–Trinajstić information content (AvgIpc) is 3.11. The lowest BCUT2D eigenvalue weighted by atomic mass is 9.96. The van der Waals surface area contributed by atoms with E-state index < -0.39 is 29.6 Å². The number of amides is 2. The van der Waals surface area contributed by atoms with Gasteiger partial charge in [0.15, 0.2) is 0 Å². The fourth-order valence-corrected chi connectivity index (χ4v) is 4.35. The number of ether oxygens (including phenoxy) is 1. The molecule has 2 aromatic carbocycles. The molecule has 0 aliphatic heterocycles. The minimum absolute atomic E-state index is 0.0514. The van der Waals surface area contributed by atoms with Gasteiger partial charge in [0, 0.05) is 18.5 Å². The van der Waals surface area contributed by atoms with Crippen LogP contribution in [-0.4, -0.2) is 52.7 Å². The lowest BCUT2D eigenvalue weighted by molar-refractivity contribution is -0.158. The second kappa shape index (κ2) is 9.65. The minimum Gasteiger partial charge on any atom is -0.480 e. The van der Waals surface area contributed by atoms with Gasteiger partial charge >= 0.3 is 12.1 Å². The Kier molecular flexibility index (Phi) is 7.10. The molecule has 2 N–H and O–H groups in total. The molecule has 2 aromatic rings. The Balaban J connectivity index is 1.63. The molecule has 1 aliphatic rings. The summed E-state index contributed by atoms with van der Waals surface area (Å²) in [5, 5.41) is 12.2. The zero-order valence-corrected chi connectivity index (χ0v) is 19.8. The normalized spacial score (nSPS) is 14.6. The number of nitrogens with one attached hydrogen (secondary N) is 1. The van der Waals surface area contributed by atoms with Crippen molar-refractivity contribution in [1.29, 1.82) is 0 Å². The molecule has 0 spiro atoms. The van der Waals surface area contributed by atoms with Gasteiger partial charge in [-0.3, -0.25) is 4.79 Å². The fourth-order valence-electron chi connectivity index (χ4n) is 4.35. The van der Waals surface area contributed by atoms with Crippen molar-refractivity contribution in [3.8, 4) is 11.1 Å². The molecule has 0 aromatic heterocycles. The van der Waals surface area contributed by atoms with E-state index in [1.54, 1.807) is 20.8 Å². The Labute approximate surface area is 194 Å². The molecule has 0 heterocycles. The molecule has 7 heteroatoms. The van der Waals surface area contributed by atoms with Gasteiger partial charge in [-0.2, -0.15) is 0 Å². The van der Waals surface area contributed by atoms with Crippen molar-refractivity contribution in [2.24, 2.45) is 5.92 Å². The Bertz CT molecular complexity index is 1000. The number of carboxylic acids is 1. The third kappa shape index (κ3) is 4.72. The number of hydrogen-bond acceptors (Lipinski definition) is 4. The molecular weight excluding hydrogens is 420 g/mol. The van der Waals surface area contributed by atoms with Crippen molar-refractivity contribution in [1.82, 2.24) is 10.2 Å². The number of alkyl carbamates (subject to hydrolysis) is 1. The summed E-state index contributed by atoms with van der Waals surface area (Å²) in [6.07, 6.45) is -0.607. The van der Waals surface area contributed by atoms with Crippen molar-refractivity contribution in [3.05, 3.63) is 59.7 Å². The number of nitrogens with zero attached hydrogens (tertiary/aromatic N) is 1. The van der Waals surface area contributed by atoms with Crippen molar-refractivity contribution in [2.45, 2.75) is 52.1 Å². The van der Waals surface area contributed by atoms with Crippen LogP contribution in [0.4, 0.5) is 4.79 Å². The van der Waals surface area contributed by atoms with Gasteiger partial charge in [-0.1, -0.05) is 55.5 Å². The second-order valence-corrected chi connectivity index (χ2v) is 8.99. The summed E-state index contributed by atoms with van der Waals surface area (Å²) in [5.74, 6) is -2.09. The molecule has 1 aliphatic carbocycles. The number of rotatable bonds is 8. The SMILES string of the molecule is CCN(C(=O)C(C)C(C)NC(=O)OCC1c2ccccc2-c2ccccc21)C(C)(C)C(=O)O. The molecule has 2 unspecified atom stereocenters. The van der Waals surface area contributed by atoms with Crippen molar-refractivity contribution >= 4 is 18.0 Å². The maximum atomic E-state index is 13.0. The van der Waals surface area contributed by atoms with E-state index in [2.05, 4.69) is 17.4 Å². The Morgan fingerprint density at radius 3 is 2.03 bits per heavy atom. The molecular formula is C26H32N2O5. The highest BCUT2D eigenvalue weighted by Crippen LogP contribution is 2.44. The third-order valence-corrected chi connectivity index (χ3v) is 6.61. The highest BCUT2D eigenvalue weighted by molar-refractivity contribution is 5.88. The molecule has 0 bridgehead atoms. The molecule has 33 heavy (non-hydrogen) atoms. The van der Waals surface area contributed by atoms with Gasteiger partial charge in [0.25, 0.3) is 0 Å². The summed E-state index contributed by atoms with van der Waals surface area (Å²) in [6.45, 7) is 8.55. The number of hydrogen-bond donors (Lipinski definition) is 2. The Morgan fingerprint density at radius 1 is 1.03 bits per heavy atom. The van der Waals surface area contributed by atoms with E-state index in [1.807, 2.05) is 36.4 Å². The number of carbonyl (C=O) groups excluding carboxylic acids is 2. The number of benzene rings is 2. The van der Waals surface area contributed by atoms with Crippen molar-refractivity contribution in [3.63, 3.8) is 0 Å². The van der Waals surface area contributed by atoms with Gasteiger partial charge in [-0.05, 0) is 49.9 Å². The summed E-state index contributed by atoms with van der Waals surface area (Å²) >= 11 is 0. The predicted octanol–water partition coefficient (Wildman–Crippen LogP) is 4.26. The molecule has 176 valence electrons. The van der Waals surface area contributed by atoms with Gasteiger partial charge in [0.05, 0.1) is 5.92 Å². The number of likely N-dealkylation sites (N-methyl/N-ethyl adjacent to an activating group) is 1. The summed E-state index contributed by atoms with van der Waals surface area (Å²) in [5.41, 5.74) is 3.20. The number of carboxylic acid groups (broad SMARTS) is 1. The quantitative estimate of drug-likeness (QED) is 0.624. The molecule has 2 atom stereocenters. The largest absolute Gasteiger partial charge is 0.480 e. The van der Waals surface area contributed by atoms with Gasteiger partial charge in [-0.25, -0.2) is 9.59 Å². The molecule has 0 radical (unpaired) electrons. The van der Waals surface area contributed by atoms with Crippen molar-refractivity contribution in [2.75, 3.05) is 13.2 Å². The fraction of sp³-hybridized carbons (Fsp3) is 0.423. The number of carbonyl (C=O) groups is 3. The van der Waals surface area contributed by atoms with Crippen LogP contribution in [0.3, 0.4) is 0 Å². The summed E-state index contributed by atoms with van der Waals surface area (Å²) in [4.78, 5) is 38.4. The molecule has 2 amide bonds. The van der Waals surface area contributed by atoms with E-state index in [0.29, 0.717) is 0 Å². The topological polar surface area (TPSA) is 95.9 Å². The first-order chi connectivity index (χ1) is 15.6. The van der Waals surface area contributed by atoms with Crippen LogP contribution in [0.2, 0.25) is 0 Å². The van der Waals surface area contributed by atoms with Crippen LogP contribution in [0.5, 0.6) is 0 Å². The maximum absolute atomic E-state index is 13.0. The zero-order valence-electron chi connectivity index (χ0n) is 19.8. The van der Waals surface area contributed by atoms with Crippen LogP contribution >= 0.6 is 0 Å². The molecule has 0 fully saturated rings. The lowest BCUT2D eigenvalue weighted by Gasteiger charge is -2.37. The molecule has 3 rings (SSSR count). The Hall–Kier alpha value is -3.35. The Morgan fingerprint density at radius 2 is 1.55 bits per heavy atom. The maximum Gasteiger partial charge on any atom is 0.407 e. The standard InChI is InChI=1S/C26H32N2O5/c1-6-28(26(4,5)24(30)31)23(29)16(2)17(3)27-25(32)33-15-22-20-13-9-7-11-18(20)19-12-8-10-14-21(19)22/h7-14,16-17,22H,6,15H2,1-5H3,(H,27,32)(H,30,31). The molecule has 7 nitrogen and oxygen atoms in total. The van der Waals surface area contributed by atoms with Crippen LogP contribution in [-0.2, 0) is 14.3 Å². The lowest BCUT2D eigenvalue weighted by Crippen LogP contribution is -2.56. The zero-order chi connectivity index (χ0) is 24.3. The van der Waals surface area contributed by atoms with Crippen LogP contribution in [0, 0.1) is 5.92 Å². The smallest absolute Gasteiger partial charge is 0.407 e. The highest BCUT2D eigenvalue weighted by Gasteiger charge is 2.39. The highest BCUT2D eigenvalue weighted by atomic mass is 16.5. The number of fused-ring (bicyclic) bond motifs is 3. The molecule has 0 saturated heterocycles. The van der Waals surface area contributed by atoms with E-state index in [4.69, 9.17) is 4.74 Å². The minimum atomic E-state index is -1.34. The third-order valence-electron chi connectivity index (χ3n) is 6.61. The first kappa shape index (κ1) is 24.3. The van der Waals surface area contributed by atoms with Crippen LogP contribution in [0.25, 0.3) is 11.1 Å². The van der Waals surface area contributed by atoms with Crippen LogP contribution < -0.4 is 5.32 Å². The van der Waals surface area contributed by atoms with Gasteiger partial charge < -0.3 is 20.1 Å². The monoisotopic (exact) mass is 452 g/mol. The van der Waals surface area contributed by atoms with Gasteiger partial charge in [0.2, 0.25) is 5.91 Å². The van der Waals surface area contributed by atoms with Crippen LogP contribution in [0.1, 0.15) is 51.7 Å². The van der Waals surface area contributed by atoms with E-state index in [-0.39, 0.29) is 25.0 Å². The van der Waals surface area contributed by atoms with Crippen LogP contribution in [0.15, 0.2) is 48.5 Å². The summed E-state index contributed by atoms with van der Waals surface area (Å²) in [6, 6.07) is 15.7. The summed E-state index contributed by atoms with van der Waals surface area (Å²) in [7, 11) is 0. The average molecular weight is 453 g/mol. The first-order valence-electron chi connectivity index (χ1n) is 11.3. The first-order valence-corrected chi connectivity index (χ1v) is 11.3. The van der Waals surface area contributed by atoms with E-state index >= 15 is 0 Å². The molecule has 0 saturated carbocycles. The van der Waals surface area contributed by atoms with E-state index in [0.717, 1.165) is 22.3 Å². The van der Waals surface area contributed by atoms with E-state index in [9.17, 15) is 19.5 Å². The number of aliphatic carboxylic acids is 1.